The van der Waals surface area contributed by atoms with E-state index in [9.17, 15) is 5.26 Å². The molecule has 4 aromatic rings. The van der Waals surface area contributed by atoms with Gasteiger partial charge in [-0.15, -0.1) is 0 Å². The van der Waals surface area contributed by atoms with Gasteiger partial charge in [0, 0.05) is 18.8 Å². The second-order valence-electron chi connectivity index (χ2n) is 7.10. The number of anilines is 3. The minimum Gasteiger partial charge on any atom is -0.497 e. The van der Waals surface area contributed by atoms with Crippen LogP contribution >= 0.6 is 0 Å². The van der Waals surface area contributed by atoms with Crippen LogP contribution in [-0.4, -0.2) is 31.2 Å². The minimum absolute atomic E-state index is 0.392. The fraction of sp³-hybridized carbons (Fsp3) is 0.160. The Morgan fingerprint density at radius 3 is 2.48 bits per heavy atom. The topological polar surface area (TPSA) is 101 Å². The van der Waals surface area contributed by atoms with Gasteiger partial charge in [-0.2, -0.15) is 5.26 Å². The zero-order valence-corrected chi connectivity index (χ0v) is 18.5. The molecule has 0 amide bonds. The Morgan fingerprint density at radius 2 is 1.79 bits per heavy atom. The van der Waals surface area contributed by atoms with Gasteiger partial charge in [0.1, 0.15) is 35.3 Å². The number of fused-ring (bicyclic) bond motifs is 1. The van der Waals surface area contributed by atoms with Crippen LogP contribution in [0, 0.1) is 11.3 Å². The van der Waals surface area contributed by atoms with Crippen molar-refractivity contribution in [2.75, 3.05) is 31.9 Å². The Morgan fingerprint density at radius 1 is 0.970 bits per heavy atom. The Hall–Kier alpha value is -4.51. The summed E-state index contributed by atoms with van der Waals surface area (Å²) in [5.41, 5.74) is 3.98. The first-order chi connectivity index (χ1) is 16.1. The monoisotopic (exact) mass is 441 g/mol. The van der Waals surface area contributed by atoms with Crippen LogP contribution in [0.4, 0.5) is 17.2 Å². The van der Waals surface area contributed by atoms with Crippen LogP contribution in [0.5, 0.6) is 17.2 Å². The standard InChI is InChI=1S/C25H23N5O3/c1-27-24-14-28-21-10-9-20(19(13-26)25(21)30-24)29-17-6-11-22(23(12-17)32-3)33-15-16-4-7-18(31-2)8-5-16/h4-12,14,29H,15H2,1-3H3,(H,27,30). The zero-order chi connectivity index (χ0) is 23.2. The van der Waals surface area contributed by atoms with Gasteiger partial charge in [0.15, 0.2) is 11.5 Å². The first-order valence-corrected chi connectivity index (χ1v) is 10.2. The number of benzene rings is 3. The van der Waals surface area contributed by atoms with Crippen LogP contribution in [0.3, 0.4) is 0 Å². The predicted octanol–water partition coefficient (Wildman–Crippen LogP) is 4.88. The largest absolute Gasteiger partial charge is 0.497 e. The number of nitriles is 1. The lowest BCUT2D eigenvalue weighted by Gasteiger charge is -2.14. The molecule has 0 spiro atoms. The van der Waals surface area contributed by atoms with E-state index in [1.807, 2.05) is 54.6 Å². The third-order valence-corrected chi connectivity index (χ3v) is 5.08. The van der Waals surface area contributed by atoms with Crippen molar-refractivity contribution in [3.05, 3.63) is 71.9 Å². The maximum Gasteiger partial charge on any atom is 0.162 e. The minimum atomic E-state index is 0.392. The van der Waals surface area contributed by atoms with Crippen molar-refractivity contribution >= 4 is 28.2 Å². The molecular weight excluding hydrogens is 418 g/mol. The number of nitrogens with zero attached hydrogens (tertiary/aromatic N) is 3. The summed E-state index contributed by atoms with van der Waals surface area (Å²) in [6, 6.07) is 19.1. The van der Waals surface area contributed by atoms with Crippen molar-refractivity contribution in [3.8, 4) is 23.3 Å². The van der Waals surface area contributed by atoms with Crippen molar-refractivity contribution in [1.82, 2.24) is 9.97 Å². The summed E-state index contributed by atoms with van der Waals surface area (Å²) in [5.74, 6) is 2.58. The molecular formula is C25H23N5O3. The fourth-order valence-corrected chi connectivity index (χ4v) is 3.32. The van der Waals surface area contributed by atoms with E-state index in [0.29, 0.717) is 46.2 Å². The van der Waals surface area contributed by atoms with Crippen LogP contribution in [0.1, 0.15) is 11.1 Å². The van der Waals surface area contributed by atoms with Crippen LogP contribution in [0.2, 0.25) is 0 Å². The normalized spacial score (nSPS) is 10.4. The Bertz CT molecular complexity index is 1320. The van der Waals surface area contributed by atoms with E-state index >= 15 is 0 Å². The molecule has 8 nitrogen and oxygen atoms in total. The zero-order valence-electron chi connectivity index (χ0n) is 18.5. The predicted molar refractivity (Wildman–Crippen MR) is 127 cm³/mol. The number of hydrogen-bond donors (Lipinski definition) is 2. The van der Waals surface area contributed by atoms with Crippen LogP contribution in [-0.2, 0) is 6.61 Å². The van der Waals surface area contributed by atoms with E-state index in [4.69, 9.17) is 14.2 Å². The molecule has 0 atom stereocenters. The molecule has 0 unspecified atom stereocenters. The number of ether oxygens (including phenoxy) is 3. The Kier molecular flexibility index (Phi) is 6.41. The first-order valence-electron chi connectivity index (χ1n) is 10.2. The maximum atomic E-state index is 9.78. The molecule has 0 saturated heterocycles. The van der Waals surface area contributed by atoms with Gasteiger partial charge in [-0.05, 0) is 42.0 Å². The molecule has 0 aliphatic rings. The van der Waals surface area contributed by atoms with E-state index in [2.05, 4.69) is 26.7 Å². The summed E-state index contributed by atoms with van der Waals surface area (Å²) in [4.78, 5) is 8.85. The van der Waals surface area contributed by atoms with Gasteiger partial charge in [0.05, 0.1) is 31.6 Å². The molecule has 0 aliphatic heterocycles. The van der Waals surface area contributed by atoms with E-state index in [1.54, 1.807) is 27.5 Å². The van der Waals surface area contributed by atoms with Gasteiger partial charge < -0.3 is 24.8 Å². The maximum absolute atomic E-state index is 9.78. The lowest BCUT2D eigenvalue weighted by molar-refractivity contribution is 0.284. The molecule has 0 saturated carbocycles. The molecule has 0 fully saturated rings. The summed E-state index contributed by atoms with van der Waals surface area (Å²) in [6.45, 7) is 0.392. The van der Waals surface area contributed by atoms with E-state index in [1.165, 1.54) is 0 Å². The van der Waals surface area contributed by atoms with E-state index in [0.717, 1.165) is 17.0 Å². The van der Waals surface area contributed by atoms with Crippen LogP contribution < -0.4 is 24.8 Å². The number of methoxy groups -OCH3 is 2. The lowest BCUT2D eigenvalue weighted by atomic mass is 10.1. The van der Waals surface area contributed by atoms with Crippen LogP contribution in [0.25, 0.3) is 11.0 Å². The first kappa shape index (κ1) is 21.7. The molecule has 4 rings (SSSR count). The number of rotatable bonds is 8. The van der Waals surface area contributed by atoms with E-state index < -0.39 is 0 Å². The third kappa shape index (κ3) is 4.72. The molecule has 1 heterocycles. The molecule has 0 radical (unpaired) electrons. The number of hydrogen-bond acceptors (Lipinski definition) is 8. The van der Waals surface area contributed by atoms with Crippen molar-refractivity contribution in [1.29, 1.82) is 5.26 Å². The Balaban J connectivity index is 1.56. The smallest absolute Gasteiger partial charge is 0.162 e. The molecule has 33 heavy (non-hydrogen) atoms. The fourth-order valence-electron chi connectivity index (χ4n) is 3.32. The second-order valence-corrected chi connectivity index (χ2v) is 7.10. The summed E-state index contributed by atoms with van der Waals surface area (Å²) in [6.07, 6.45) is 1.63. The highest BCUT2D eigenvalue weighted by Gasteiger charge is 2.13. The molecule has 8 heteroatoms. The average Bonchev–Trinajstić information content (AvgIpc) is 2.87. The highest BCUT2D eigenvalue weighted by Crippen LogP contribution is 2.34. The van der Waals surface area contributed by atoms with Gasteiger partial charge in [0.2, 0.25) is 0 Å². The molecule has 2 N–H and O–H groups in total. The van der Waals surface area contributed by atoms with Gasteiger partial charge in [-0.1, -0.05) is 12.1 Å². The summed E-state index contributed by atoms with van der Waals surface area (Å²) in [7, 11) is 4.98. The van der Waals surface area contributed by atoms with E-state index in [-0.39, 0.29) is 0 Å². The number of aromatic nitrogens is 2. The molecule has 166 valence electrons. The molecule has 1 aromatic heterocycles. The third-order valence-electron chi connectivity index (χ3n) is 5.08. The van der Waals surface area contributed by atoms with Crippen molar-refractivity contribution < 1.29 is 14.2 Å². The molecule has 3 aromatic carbocycles. The molecule has 0 bridgehead atoms. The van der Waals surface area contributed by atoms with Gasteiger partial charge in [-0.25, -0.2) is 4.98 Å². The number of nitrogens with one attached hydrogen (secondary N) is 2. The summed E-state index contributed by atoms with van der Waals surface area (Å²) < 4.78 is 16.7. The van der Waals surface area contributed by atoms with Crippen molar-refractivity contribution in [2.45, 2.75) is 6.61 Å². The summed E-state index contributed by atoms with van der Waals surface area (Å²) in [5, 5.41) is 16.0. The van der Waals surface area contributed by atoms with Gasteiger partial charge in [-0.3, -0.25) is 4.98 Å². The van der Waals surface area contributed by atoms with Gasteiger partial charge >= 0.3 is 0 Å². The van der Waals surface area contributed by atoms with Crippen LogP contribution in [0.15, 0.2) is 60.8 Å². The highest BCUT2D eigenvalue weighted by atomic mass is 16.5. The second kappa shape index (κ2) is 9.75. The quantitative estimate of drug-likeness (QED) is 0.399. The lowest BCUT2D eigenvalue weighted by Crippen LogP contribution is -2.01. The van der Waals surface area contributed by atoms with Gasteiger partial charge in [0.25, 0.3) is 0 Å². The average molecular weight is 441 g/mol. The van der Waals surface area contributed by atoms with Crippen molar-refractivity contribution in [2.24, 2.45) is 0 Å². The Labute approximate surface area is 191 Å². The van der Waals surface area contributed by atoms with Crippen molar-refractivity contribution in [3.63, 3.8) is 0 Å². The highest BCUT2D eigenvalue weighted by molar-refractivity contribution is 5.89. The SMILES string of the molecule is CNc1cnc2ccc(Nc3ccc(OCc4ccc(OC)cc4)c(OC)c3)c(C#N)c2n1. The molecule has 0 aliphatic carbocycles. The summed E-state index contributed by atoms with van der Waals surface area (Å²) >= 11 is 0.